The fourth-order valence-electron chi connectivity index (χ4n) is 9.26. The molecule has 0 spiro atoms. The Hall–Kier alpha value is -8.20. The molecule has 0 N–H and O–H groups in total. The molecule has 2 atom stereocenters. The third-order valence-electron chi connectivity index (χ3n) is 12.2. The van der Waals surface area contributed by atoms with Gasteiger partial charge in [-0.1, -0.05) is 206 Å². The van der Waals surface area contributed by atoms with E-state index in [1.165, 1.54) is 44.5 Å². The summed E-state index contributed by atoms with van der Waals surface area (Å²) in [7, 11) is 0. The molecule has 10 aromatic carbocycles. The van der Waals surface area contributed by atoms with Crippen molar-refractivity contribution in [3.05, 3.63) is 301 Å². The Morgan fingerprint density at radius 2 is 0.438 bits per heavy atom. The third-order valence-corrected chi connectivity index (χ3v) is 12.2. The maximum atomic E-state index is 2.36. The molecule has 0 aliphatic carbocycles. The molecule has 0 bridgehead atoms. The van der Waals surface area contributed by atoms with Gasteiger partial charge in [-0.3, -0.25) is 0 Å². The van der Waals surface area contributed by atoms with E-state index in [0.717, 1.165) is 34.1 Å². The van der Waals surface area contributed by atoms with Gasteiger partial charge in [-0.2, -0.15) is 0 Å². The van der Waals surface area contributed by atoms with E-state index in [0.29, 0.717) is 0 Å². The molecule has 0 aliphatic heterocycles. The molecule has 0 saturated carbocycles. The average molecular weight is 821 g/mol. The number of benzene rings is 10. The second-order valence-corrected chi connectivity index (χ2v) is 16.1. The number of nitrogens with zero attached hydrogens (tertiary/aromatic N) is 2. The smallest absolute Gasteiger partial charge is 0.0461 e. The summed E-state index contributed by atoms with van der Waals surface area (Å²) in [6.07, 6.45) is 0. The van der Waals surface area contributed by atoms with E-state index in [9.17, 15) is 0 Å². The van der Waals surface area contributed by atoms with Gasteiger partial charge in [0.15, 0.2) is 0 Å². The molecule has 0 heterocycles. The Morgan fingerprint density at radius 3 is 0.734 bits per heavy atom. The molecule has 10 rings (SSSR count). The largest absolute Gasteiger partial charge is 0.311 e. The topological polar surface area (TPSA) is 6.48 Å². The highest BCUT2D eigenvalue weighted by Gasteiger charge is 2.32. The molecule has 2 heteroatoms. The molecule has 306 valence electrons. The van der Waals surface area contributed by atoms with E-state index in [2.05, 4.69) is 289 Å². The van der Waals surface area contributed by atoms with Gasteiger partial charge < -0.3 is 9.80 Å². The van der Waals surface area contributed by atoms with Crippen LogP contribution in [0.1, 0.15) is 34.1 Å². The van der Waals surface area contributed by atoms with Crippen LogP contribution in [0.25, 0.3) is 22.3 Å². The highest BCUT2D eigenvalue weighted by atomic mass is 15.1. The van der Waals surface area contributed by atoms with Crippen LogP contribution in [0.15, 0.2) is 279 Å². The number of hydrogen-bond donors (Lipinski definition) is 0. The lowest BCUT2D eigenvalue weighted by atomic mass is 9.70. The molecule has 0 amide bonds. The van der Waals surface area contributed by atoms with Crippen LogP contribution >= 0.6 is 0 Å². The molecule has 64 heavy (non-hydrogen) atoms. The molecule has 10 aromatic rings. The molecule has 0 aliphatic rings. The summed E-state index contributed by atoms with van der Waals surface area (Å²) in [6.45, 7) is 0. The van der Waals surface area contributed by atoms with Gasteiger partial charge in [0.05, 0.1) is 0 Å². The van der Waals surface area contributed by atoms with Crippen LogP contribution < -0.4 is 9.80 Å². The van der Waals surface area contributed by atoms with Crippen molar-refractivity contribution < 1.29 is 0 Å². The molecule has 0 aromatic heterocycles. The minimum atomic E-state index is -0.0811. The van der Waals surface area contributed by atoms with Gasteiger partial charge in [-0.25, -0.2) is 0 Å². The lowest BCUT2D eigenvalue weighted by Gasteiger charge is -2.33. The second kappa shape index (κ2) is 18.8. The van der Waals surface area contributed by atoms with Crippen molar-refractivity contribution in [3.63, 3.8) is 0 Å². The summed E-state index contributed by atoms with van der Waals surface area (Å²) in [5.41, 5.74) is 16.5. The fraction of sp³-hybridized carbons (Fsp3) is 0.0323. The van der Waals surface area contributed by atoms with E-state index >= 15 is 0 Å². The Kier molecular flexibility index (Phi) is 11.7. The molecule has 2 nitrogen and oxygen atoms in total. The van der Waals surface area contributed by atoms with Crippen LogP contribution in [-0.4, -0.2) is 0 Å². The van der Waals surface area contributed by atoms with Crippen molar-refractivity contribution in [1.29, 1.82) is 0 Å². The van der Waals surface area contributed by atoms with Crippen LogP contribution in [0.5, 0.6) is 0 Å². The average Bonchev–Trinajstić information content (AvgIpc) is 3.38. The first-order valence-corrected chi connectivity index (χ1v) is 22.1. The molecular weight excluding hydrogens is 773 g/mol. The van der Waals surface area contributed by atoms with E-state index in [1.54, 1.807) is 0 Å². The highest BCUT2D eigenvalue weighted by Crippen LogP contribution is 2.49. The van der Waals surface area contributed by atoms with Crippen molar-refractivity contribution in [2.24, 2.45) is 0 Å². The van der Waals surface area contributed by atoms with E-state index in [1.807, 2.05) is 0 Å². The Labute approximate surface area is 377 Å². The minimum Gasteiger partial charge on any atom is -0.311 e. The predicted octanol–water partition coefficient (Wildman–Crippen LogP) is 16.9. The fourth-order valence-corrected chi connectivity index (χ4v) is 9.26. The Bertz CT molecular complexity index is 2720. The zero-order valence-electron chi connectivity index (χ0n) is 35.6. The zero-order valence-corrected chi connectivity index (χ0v) is 35.6. The van der Waals surface area contributed by atoms with Gasteiger partial charge in [0.1, 0.15) is 0 Å². The van der Waals surface area contributed by atoms with Crippen molar-refractivity contribution in [1.82, 2.24) is 0 Å². The summed E-state index contributed by atoms with van der Waals surface area (Å²) in [4.78, 5) is 4.67. The Balaban J connectivity index is 1.19. The van der Waals surface area contributed by atoms with Gasteiger partial charge in [-0.15, -0.1) is 0 Å². The third kappa shape index (κ3) is 8.38. The van der Waals surface area contributed by atoms with Gasteiger partial charge in [-0.05, 0) is 117 Å². The van der Waals surface area contributed by atoms with Crippen molar-refractivity contribution in [3.8, 4) is 22.3 Å². The summed E-state index contributed by atoms with van der Waals surface area (Å²) >= 11 is 0. The Morgan fingerprint density at radius 1 is 0.203 bits per heavy atom. The van der Waals surface area contributed by atoms with Gasteiger partial charge in [0.2, 0.25) is 0 Å². The molecular formula is C62H48N2. The van der Waals surface area contributed by atoms with E-state index in [4.69, 9.17) is 0 Å². The maximum Gasteiger partial charge on any atom is 0.0461 e. The van der Waals surface area contributed by atoms with Crippen LogP contribution in [0.4, 0.5) is 34.1 Å². The maximum absolute atomic E-state index is 2.36. The van der Waals surface area contributed by atoms with Crippen LogP contribution in [0.2, 0.25) is 0 Å². The van der Waals surface area contributed by atoms with Crippen molar-refractivity contribution in [2.75, 3.05) is 9.80 Å². The van der Waals surface area contributed by atoms with Gasteiger partial charge in [0.25, 0.3) is 0 Å². The number of hydrogen-bond acceptors (Lipinski definition) is 2. The molecule has 0 radical (unpaired) electrons. The minimum absolute atomic E-state index is 0.0811. The predicted molar refractivity (Wildman–Crippen MR) is 270 cm³/mol. The van der Waals surface area contributed by atoms with Crippen LogP contribution in [-0.2, 0) is 0 Å². The monoisotopic (exact) mass is 820 g/mol. The van der Waals surface area contributed by atoms with Crippen LogP contribution in [0, 0.1) is 0 Å². The zero-order chi connectivity index (χ0) is 42.9. The number of rotatable bonds is 13. The normalized spacial score (nSPS) is 11.9. The molecule has 2 unspecified atom stereocenters. The molecule has 0 saturated heterocycles. The van der Waals surface area contributed by atoms with Crippen molar-refractivity contribution >= 4 is 34.1 Å². The van der Waals surface area contributed by atoms with E-state index in [-0.39, 0.29) is 11.8 Å². The SMILES string of the molecule is c1ccc(-c2ccccc2C(c2ccc(N(c3ccccc3)c3ccccc3)cc2)C(c2ccc(N(c3ccccc3)c3ccccc3)cc2)c2ccccc2-c2ccccc2)cc1. The number of anilines is 6. The standard InChI is InChI=1S/C62H48N2/c1-7-23-47(24-8-1)57-35-19-21-37-59(57)61(49-39-43-55(44-40-49)63(51-27-11-3-12-28-51)52-29-13-4-14-30-52)62(60-38-22-20-36-58(60)48-25-9-2-10-26-48)50-41-45-56(46-42-50)64(53-31-15-5-16-32-53)54-33-17-6-18-34-54/h1-46,61-62H. The molecule has 0 fully saturated rings. The summed E-state index contributed by atoms with van der Waals surface area (Å²) in [5, 5.41) is 0. The quantitative estimate of drug-likeness (QED) is 0.114. The van der Waals surface area contributed by atoms with Crippen LogP contribution in [0.3, 0.4) is 0 Å². The second-order valence-electron chi connectivity index (χ2n) is 16.1. The summed E-state index contributed by atoms with van der Waals surface area (Å²) in [5.74, 6) is -0.162. The van der Waals surface area contributed by atoms with Gasteiger partial charge in [0, 0.05) is 46.0 Å². The first-order chi connectivity index (χ1) is 31.8. The first-order valence-electron chi connectivity index (χ1n) is 22.1. The summed E-state index contributed by atoms with van der Waals surface area (Å²) < 4.78 is 0. The summed E-state index contributed by atoms with van der Waals surface area (Å²) in [6, 6.07) is 101. The van der Waals surface area contributed by atoms with Crippen molar-refractivity contribution in [2.45, 2.75) is 11.8 Å². The highest BCUT2D eigenvalue weighted by molar-refractivity contribution is 5.79. The lowest BCUT2D eigenvalue weighted by Crippen LogP contribution is -2.17. The van der Waals surface area contributed by atoms with Gasteiger partial charge >= 0.3 is 0 Å². The van der Waals surface area contributed by atoms with E-state index < -0.39 is 0 Å². The first kappa shape index (κ1) is 39.9. The lowest BCUT2D eigenvalue weighted by molar-refractivity contribution is 0.696. The number of para-hydroxylation sites is 4.